The van der Waals surface area contributed by atoms with E-state index in [1.54, 1.807) is 0 Å². The SMILES string of the molecule is C=CCC(N)CC#CC(C)(C)C. The van der Waals surface area contributed by atoms with Gasteiger partial charge < -0.3 is 5.73 Å². The predicted octanol–water partition coefficient (Wildman–Crippen LogP) is 2.33. The van der Waals surface area contributed by atoms with Crippen molar-refractivity contribution in [2.24, 2.45) is 11.1 Å². The van der Waals surface area contributed by atoms with Crippen molar-refractivity contribution in [1.29, 1.82) is 0 Å². The van der Waals surface area contributed by atoms with Gasteiger partial charge in [0.2, 0.25) is 0 Å². The lowest BCUT2D eigenvalue weighted by atomic mass is 9.97. The second kappa shape index (κ2) is 5.00. The summed E-state index contributed by atoms with van der Waals surface area (Å²) in [5.41, 5.74) is 5.83. The Hall–Kier alpha value is -0.740. The molecule has 0 amide bonds. The summed E-state index contributed by atoms with van der Waals surface area (Å²) in [5, 5.41) is 0. The Morgan fingerprint density at radius 3 is 2.50 bits per heavy atom. The lowest BCUT2D eigenvalue weighted by Crippen LogP contribution is -2.17. The van der Waals surface area contributed by atoms with Crippen LogP contribution in [-0.4, -0.2) is 6.04 Å². The average Bonchev–Trinajstić information content (AvgIpc) is 1.84. The fourth-order valence-corrected chi connectivity index (χ4v) is 0.745. The second-order valence-corrected chi connectivity index (χ2v) is 4.04. The highest BCUT2D eigenvalue weighted by Crippen LogP contribution is 2.10. The zero-order valence-electron chi connectivity index (χ0n) is 8.35. The van der Waals surface area contributed by atoms with E-state index in [1.165, 1.54) is 0 Å². The second-order valence-electron chi connectivity index (χ2n) is 4.04. The average molecular weight is 165 g/mol. The first-order valence-corrected chi connectivity index (χ1v) is 4.32. The van der Waals surface area contributed by atoms with Crippen molar-refractivity contribution < 1.29 is 0 Å². The molecule has 1 unspecified atom stereocenters. The van der Waals surface area contributed by atoms with E-state index >= 15 is 0 Å². The normalized spacial score (nSPS) is 13.0. The molecular weight excluding hydrogens is 146 g/mol. The monoisotopic (exact) mass is 165 g/mol. The fourth-order valence-electron chi connectivity index (χ4n) is 0.745. The van der Waals surface area contributed by atoms with E-state index < -0.39 is 0 Å². The Labute approximate surface area is 76.0 Å². The van der Waals surface area contributed by atoms with Crippen LogP contribution in [0.3, 0.4) is 0 Å². The Morgan fingerprint density at radius 2 is 2.08 bits per heavy atom. The van der Waals surface area contributed by atoms with E-state index in [-0.39, 0.29) is 11.5 Å². The Bertz CT molecular complexity index is 187. The van der Waals surface area contributed by atoms with Gasteiger partial charge in [0.05, 0.1) is 0 Å². The van der Waals surface area contributed by atoms with E-state index in [1.807, 2.05) is 6.08 Å². The minimum Gasteiger partial charge on any atom is -0.327 e. The number of hydrogen-bond acceptors (Lipinski definition) is 1. The third kappa shape index (κ3) is 7.37. The third-order valence-corrected chi connectivity index (χ3v) is 1.30. The van der Waals surface area contributed by atoms with Gasteiger partial charge in [-0.1, -0.05) is 12.0 Å². The van der Waals surface area contributed by atoms with E-state index in [0.29, 0.717) is 0 Å². The summed E-state index contributed by atoms with van der Waals surface area (Å²) in [6.07, 6.45) is 3.45. The molecule has 2 N–H and O–H groups in total. The molecule has 0 radical (unpaired) electrons. The topological polar surface area (TPSA) is 26.0 Å². The Balaban J connectivity index is 3.78. The lowest BCUT2D eigenvalue weighted by molar-refractivity contribution is 0.569. The van der Waals surface area contributed by atoms with Crippen LogP contribution in [0.4, 0.5) is 0 Å². The molecule has 0 aromatic heterocycles. The van der Waals surface area contributed by atoms with Crippen molar-refractivity contribution in [2.45, 2.75) is 39.7 Å². The molecule has 0 heterocycles. The molecule has 68 valence electrons. The van der Waals surface area contributed by atoms with Crippen LogP contribution in [0.2, 0.25) is 0 Å². The molecule has 0 aliphatic carbocycles. The van der Waals surface area contributed by atoms with Gasteiger partial charge in [-0.15, -0.1) is 12.5 Å². The van der Waals surface area contributed by atoms with Crippen LogP contribution in [0.1, 0.15) is 33.6 Å². The molecule has 0 aromatic rings. The highest BCUT2D eigenvalue weighted by atomic mass is 14.6. The maximum Gasteiger partial charge on any atom is 0.0244 e. The molecule has 0 bridgehead atoms. The van der Waals surface area contributed by atoms with E-state index in [0.717, 1.165) is 12.8 Å². The maximum atomic E-state index is 5.74. The highest BCUT2D eigenvalue weighted by Gasteiger charge is 2.03. The molecule has 0 aliphatic rings. The van der Waals surface area contributed by atoms with Crippen molar-refractivity contribution in [3.8, 4) is 11.8 Å². The van der Waals surface area contributed by atoms with Gasteiger partial charge in [-0.25, -0.2) is 0 Å². The lowest BCUT2D eigenvalue weighted by Gasteiger charge is -2.08. The van der Waals surface area contributed by atoms with Gasteiger partial charge in [0.15, 0.2) is 0 Å². The molecule has 0 fully saturated rings. The molecule has 0 aliphatic heterocycles. The molecule has 1 heteroatoms. The molecule has 0 rings (SSSR count). The first-order valence-electron chi connectivity index (χ1n) is 4.32. The summed E-state index contributed by atoms with van der Waals surface area (Å²) in [5.74, 6) is 6.23. The standard InChI is InChI=1S/C11H19N/c1-5-7-10(12)8-6-9-11(2,3)4/h5,10H,1,7-8,12H2,2-4H3. The van der Waals surface area contributed by atoms with Crippen LogP contribution in [-0.2, 0) is 0 Å². The molecule has 1 atom stereocenters. The maximum absolute atomic E-state index is 5.74. The number of rotatable bonds is 3. The van der Waals surface area contributed by atoms with Crippen LogP contribution in [0, 0.1) is 17.3 Å². The number of hydrogen-bond donors (Lipinski definition) is 1. The van der Waals surface area contributed by atoms with Crippen molar-refractivity contribution in [2.75, 3.05) is 0 Å². The van der Waals surface area contributed by atoms with E-state index in [2.05, 4.69) is 39.2 Å². The van der Waals surface area contributed by atoms with Crippen molar-refractivity contribution in [3.63, 3.8) is 0 Å². The molecule has 0 saturated heterocycles. The first kappa shape index (κ1) is 11.3. The largest absolute Gasteiger partial charge is 0.327 e. The fraction of sp³-hybridized carbons (Fsp3) is 0.636. The van der Waals surface area contributed by atoms with Gasteiger partial charge in [-0.05, 0) is 27.2 Å². The third-order valence-electron chi connectivity index (χ3n) is 1.30. The smallest absolute Gasteiger partial charge is 0.0244 e. The summed E-state index contributed by atoms with van der Waals surface area (Å²) < 4.78 is 0. The molecule has 12 heavy (non-hydrogen) atoms. The summed E-state index contributed by atoms with van der Waals surface area (Å²) in [4.78, 5) is 0. The van der Waals surface area contributed by atoms with Gasteiger partial charge in [0.1, 0.15) is 0 Å². The molecule has 0 saturated carbocycles. The summed E-state index contributed by atoms with van der Waals surface area (Å²) in [6.45, 7) is 9.92. The van der Waals surface area contributed by atoms with Crippen molar-refractivity contribution >= 4 is 0 Å². The van der Waals surface area contributed by atoms with Gasteiger partial charge >= 0.3 is 0 Å². The van der Waals surface area contributed by atoms with Crippen molar-refractivity contribution in [3.05, 3.63) is 12.7 Å². The molecule has 1 nitrogen and oxygen atoms in total. The van der Waals surface area contributed by atoms with Gasteiger partial charge in [0, 0.05) is 17.9 Å². The van der Waals surface area contributed by atoms with Gasteiger partial charge in [-0.2, -0.15) is 0 Å². The van der Waals surface area contributed by atoms with Crippen LogP contribution < -0.4 is 5.73 Å². The quantitative estimate of drug-likeness (QED) is 0.504. The molecule has 0 aromatic carbocycles. The summed E-state index contributed by atoms with van der Waals surface area (Å²) >= 11 is 0. The number of nitrogens with two attached hydrogens (primary N) is 1. The molecular formula is C11H19N. The van der Waals surface area contributed by atoms with Gasteiger partial charge in [-0.3, -0.25) is 0 Å². The zero-order valence-corrected chi connectivity index (χ0v) is 8.35. The van der Waals surface area contributed by atoms with Crippen molar-refractivity contribution in [1.82, 2.24) is 0 Å². The van der Waals surface area contributed by atoms with Crippen LogP contribution >= 0.6 is 0 Å². The first-order chi connectivity index (χ1) is 5.45. The predicted molar refractivity (Wildman–Crippen MR) is 54.6 cm³/mol. The van der Waals surface area contributed by atoms with E-state index in [4.69, 9.17) is 5.73 Å². The Kier molecular flexibility index (Phi) is 4.70. The van der Waals surface area contributed by atoms with E-state index in [9.17, 15) is 0 Å². The van der Waals surface area contributed by atoms with Crippen LogP contribution in [0.5, 0.6) is 0 Å². The Morgan fingerprint density at radius 1 is 1.50 bits per heavy atom. The van der Waals surface area contributed by atoms with Crippen LogP contribution in [0.15, 0.2) is 12.7 Å². The zero-order chi connectivity index (χ0) is 9.61. The highest BCUT2D eigenvalue weighted by molar-refractivity contribution is 5.08. The summed E-state index contributed by atoms with van der Waals surface area (Å²) in [7, 11) is 0. The molecule has 0 spiro atoms. The minimum absolute atomic E-state index is 0.0912. The minimum atomic E-state index is 0.0912. The van der Waals surface area contributed by atoms with Gasteiger partial charge in [0.25, 0.3) is 0 Å². The summed E-state index contributed by atoms with van der Waals surface area (Å²) in [6, 6.07) is 0.150. The van der Waals surface area contributed by atoms with Crippen LogP contribution in [0.25, 0.3) is 0 Å².